The number of nitrogens with zero attached hydrogens (tertiary/aromatic N) is 1. The molecular weight excluding hydrogens is 304 g/mol. The van der Waals surface area contributed by atoms with Crippen molar-refractivity contribution in [1.82, 2.24) is 4.98 Å². The zero-order valence-electron chi connectivity index (χ0n) is 10.9. The average Bonchev–Trinajstić information content (AvgIpc) is 2.37. The van der Waals surface area contributed by atoms with E-state index in [2.05, 4.69) is 38.4 Å². The number of carbonyl (C=O) groups excluding carboxylic acids is 1. The van der Waals surface area contributed by atoms with Gasteiger partial charge in [0.05, 0.1) is 18.3 Å². The minimum Gasteiger partial charge on any atom is -0.324 e. The van der Waals surface area contributed by atoms with Gasteiger partial charge in [-0.25, -0.2) is 4.98 Å². The number of hydrogen-bond acceptors (Lipinski definition) is 2. The van der Waals surface area contributed by atoms with Gasteiger partial charge >= 0.3 is 0 Å². The Bertz CT molecular complexity index is 594. The van der Waals surface area contributed by atoms with Crippen LogP contribution in [0.5, 0.6) is 0 Å². The van der Waals surface area contributed by atoms with Gasteiger partial charge in [-0.15, -0.1) is 0 Å². The molecule has 2 aromatic rings. The van der Waals surface area contributed by atoms with Crippen molar-refractivity contribution in [2.75, 3.05) is 5.32 Å². The summed E-state index contributed by atoms with van der Waals surface area (Å²) < 4.78 is 0.750. The Labute approximate surface area is 121 Å². The van der Waals surface area contributed by atoms with Gasteiger partial charge < -0.3 is 5.32 Å². The monoisotopic (exact) mass is 318 g/mol. The normalized spacial score (nSPS) is 10.3. The summed E-state index contributed by atoms with van der Waals surface area (Å²) in [5, 5.41) is 2.84. The minimum atomic E-state index is -0.0298. The van der Waals surface area contributed by atoms with Gasteiger partial charge in [0.2, 0.25) is 5.91 Å². The number of amides is 1. The van der Waals surface area contributed by atoms with E-state index in [0.29, 0.717) is 12.1 Å². The van der Waals surface area contributed by atoms with Gasteiger partial charge in [-0.3, -0.25) is 4.79 Å². The zero-order chi connectivity index (χ0) is 13.8. The van der Waals surface area contributed by atoms with Crippen LogP contribution in [0.15, 0.2) is 41.1 Å². The Hall–Kier alpha value is -1.68. The van der Waals surface area contributed by atoms with E-state index in [0.717, 1.165) is 15.7 Å². The van der Waals surface area contributed by atoms with E-state index in [9.17, 15) is 4.79 Å². The molecule has 0 bridgehead atoms. The highest BCUT2D eigenvalue weighted by molar-refractivity contribution is 9.10. The minimum absolute atomic E-state index is 0.0298. The maximum Gasteiger partial charge on any atom is 0.228 e. The fourth-order valence-electron chi connectivity index (χ4n) is 1.82. The second-order valence-electron chi connectivity index (χ2n) is 4.52. The molecule has 0 saturated heterocycles. The molecule has 0 aliphatic carbocycles. The van der Waals surface area contributed by atoms with E-state index >= 15 is 0 Å². The van der Waals surface area contributed by atoms with Crippen molar-refractivity contribution in [3.63, 3.8) is 0 Å². The fraction of sp³-hybridized carbons (Fsp3) is 0.200. The fourth-order valence-corrected chi connectivity index (χ4v) is 2.05. The Kier molecular flexibility index (Phi) is 4.32. The highest BCUT2D eigenvalue weighted by atomic mass is 79.9. The first-order valence-electron chi connectivity index (χ1n) is 6.02. The lowest BCUT2D eigenvalue weighted by Gasteiger charge is -2.08. The molecule has 1 heterocycles. The largest absolute Gasteiger partial charge is 0.324 e. The standard InChI is InChI=1S/C15H15BrN2O/c1-10-3-4-11(2)12(7-10)8-15(19)18-13-5-6-14(16)17-9-13/h3-7,9H,8H2,1-2H3,(H,18,19). The SMILES string of the molecule is Cc1ccc(C)c(CC(=O)Nc2ccc(Br)nc2)c1. The molecule has 0 spiro atoms. The number of aryl methyl sites for hydroxylation is 2. The number of pyridine rings is 1. The zero-order valence-corrected chi connectivity index (χ0v) is 12.5. The van der Waals surface area contributed by atoms with E-state index < -0.39 is 0 Å². The molecule has 0 aliphatic rings. The van der Waals surface area contributed by atoms with Gasteiger partial charge in [0, 0.05) is 0 Å². The summed E-state index contributed by atoms with van der Waals surface area (Å²) in [4.78, 5) is 16.1. The lowest BCUT2D eigenvalue weighted by atomic mass is 10.0. The van der Waals surface area contributed by atoms with Gasteiger partial charge in [-0.1, -0.05) is 23.8 Å². The van der Waals surface area contributed by atoms with Crippen LogP contribution in [0.25, 0.3) is 0 Å². The molecule has 19 heavy (non-hydrogen) atoms. The van der Waals surface area contributed by atoms with Crippen LogP contribution in [0.1, 0.15) is 16.7 Å². The van der Waals surface area contributed by atoms with Gasteiger partial charge in [0.1, 0.15) is 4.60 Å². The maximum absolute atomic E-state index is 12.0. The second kappa shape index (κ2) is 5.97. The van der Waals surface area contributed by atoms with Crippen molar-refractivity contribution in [3.8, 4) is 0 Å². The molecule has 4 heteroatoms. The van der Waals surface area contributed by atoms with Crippen LogP contribution in [0.2, 0.25) is 0 Å². The van der Waals surface area contributed by atoms with Crippen LogP contribution < -0.4 is 5.32 Å². The molecule has 0 fully saturated rings. The lowest BCUT2D eigenvalue weighted by molar-refractivity contribution is -0.115. The molecule has 98 valence electrons. The molecule has 3 nitrogen and oxygen atoms in total. The number of benzene rings is 1. The molecule has 1 N–H and O–H groups in total. The van der Waals surface area contributed by atoms with Gasteiger partial charge in [-0.05, 0) is 53.0 Å². The topological polar surface area (TPSA) is 42.0 Å². The maximum atomic E-state index is 12.0. The third-order valence-electron chi connectivity index (χ3n) is 2.87. The van der Waals surface area contributed by atoms with E-state index in [1.807, 2.05) is 26.0 Å². The highest BCUT2D eigenvalue weighted by Gasteiger charge is 2.07. The van der Waals surface area contributed by atoms with Crippen molar-refractivity contribution in [2.45, 2.75) is 20.3 Å². The summed E-state index contributed by atoms with van der Waals surface area (Å²) in [6, 6.07) is 9.76. The summed E-state index contributed by atoms with van der Waals surface area (Å²) in [6.45, 7) is 4.04. The van der Waals surface area contributed by atoms with Crippen molar-refractivity contribution in [3.05, 3.63) is 57.8 Å². The van der Waals surface area contributed by atoms with E-state index in [4.69, 9.17) is 0 Å². The molecule has 0 aliphatic heterocycles. The third kappa shape index (κ3) is 3.89. The summed E-state index contributed by atoms with van der Waals surface area (Å²) in [6.07, 6.45) is 2.01. The Morgan fingerprint density at radius 2 is 2.05 bits per heavy atom. The van der Waals surface area contributed by atoms with Gasteiger partial charge in [-0.2, -0.15) is 0 Å². The molecule has 0 saturated carbocycles. The number of aromatic nitrogens is 1. The highest BCUT2D eigenvalue weighted by Crippen LogP contribution is 2.14. The smallest absolute Gasteiger partial charge is 0.228 e. The van der Waals surface area contributed by atoms with E-state index in [1.165, 1.54) is 5.56 Å². The summed E-state index contributed by atoms with van der Waals surface area (Å²) >= 11 is 3.26. The van der Waals surface area contributed by atoms with Crippen molar-refractivity contribution in [2.24, 2.45) is 0 Å². The van der Waals surface area contributed by atoms with Crippen LogP contribution in [-0.4, -0.2) is 10.9 Å². The number of halogens is 1. The number of carbonyl (C=O) groups is 1. The first-order valence-corrected chi connectivity index (χ1v) is 6.81. The van der Waals surface area contributed by atoms with Crippen molar-refractivity contribution < 1.29 is 4.79 Å². The first kappa shape index (κ1) is 13.7. The third-order valence-corrected chi connectivity index (χ3v) is 3.34. The second-order valence-corrected chi connectivity index (χ2v) is 5.34. The number of nitrogens with one attached hydrogen (secondary N) is 1. The first-order chi connectivity index (χ1) is 9.04. The quantitative estimate of drug-likeness (QED) is 0.878. The molecule has 0 atom stereocenters. The van der Waals surface area contributed by atoms with E-state index in [-0.39, 0.29) is 5.91 Å². The predicted octanol–water partition coefficient (Wildman–Crippen LogP) is 3.64. The predicted molar refractivity (Wildman–Crippen MR) is 80.2 cm³/mol. The van der Waals surface area contributed by atoms with Crippen molar-refractivity contribution >= 4 is 27.5 Å². The van der Waals surface area contributed by atoms with Gasteiger partial charge in [0.25, 0.3) is 0 Å². The molecular formula is C15H15BrN2O. The molecule has 1 aromatic heterocycles. The molecule has 0 radical (unpaired) electrons. The van der Waals surface area contributed by atoms with Gasteiger partial charge in [0.15, 0.2) is 0 Å². The molecule has 0 unspecified atom stereocenters. The van der Waals surface area contributed by atoms with Crippen LogP contribution in [0.4, 0.5) is 5.69 Å². The Morgan fingerprint density at radius 1 is 1.26 bits per heavy atom. The number of anilines is 1. The molecule has 2 rings (SSSR count). The van der Waals surface area contributed by atoms with E-state index in [1.54, 1.807) is 12.3 Å². The summed E-state index contributed by atoms with van der Waals surface area (Å²) in [5.41, 5.74) is 4.06. The van der Waals surface area contributed by atoms with Crippen LogP contribution in [0.3, 0.4) is 0 Å². The lowest BCUT2D eigenvalue weighted by Crippen LogP contribution is -2.15. The van der Waals surface area contributed by atoms with Crippen LogP contribution in [-0.2, 0) is 11.2 Å². The Morgan fingerprint density at radius 3 is 2.74 bits per heavy atom. The summed E-state index contributed by atoms with van der Waals surface area (Å²) in [5.74, 6) is -0.0298. The number of rotatable bonds is 3. The molecule has 1 amide bonds. The Balaban J connectivity index is 2.05. The average molecular weight is 319 g/mol. The molecule has 1 aromatic carbocycles. The van der Waals surface area contributed by atoms with Crippen molar-refractivity contribution in [1.29, 1.82) is 0 Å². The van der Waals surface area contributed by atoms with Crippen LogP contribution in [0, 0.1) is 13.8 Å². The number of hydrogen-bond donors (Lipinski definition) is 1. The summed E-state index contributed by atoms with van der Waals surface area (Å²) in [7, 11) is 0. The van der Waals surface area contributed by atoms with Crippen LogP contribution >= 0.6 is 15.9 Å².